The normalized spacial score (nSPS) is 16.4. The van der Waals surface area contributed by atoms with E-state index in [0.717, 1.165) is 11.3 Å². The zero-order chi connectivity index (χ0) is 16.8. The average molecular weight is 319 g/mol. The fourth-order valence-electron chi connectivity index (χ4n) is 2.16. The number of benzene rings is 1. The summed E-state index contributed by atoms with van der Waals surface area (Å²) in [5.41, 5.74) is 3.06. The third-order valence-electron chi connectivity index (χ3n) is 3.61. The Labute approximate surface area is 134 Å². The summed E-state index contributed by atoms with van der Waals surface area (Å²) in [6.07, 6.45) is 0.343. The molecule has 1 aliphatic rings. The standard InChI is InChI=1S/C16H21N3O4/c1-11-3-5-12(6-4-11)14-9-13(23-18-14)10-17-16(22)19(2)8-7-15(20)21/h3-6,13H,7-10H2,1-2H3,(H,17,22)(H,20,21). The summed E-state index contributed by atoms with van der Waals surface area (Å²) < 4.78 is 0. The van der Waals surface area contributed by atoms with E-state index in [2.05, 4.69) is 10.5 Å². The summed E-state index contributed by atoms with van der Waals surface area (Å²) in [5, 5.41) is 15.4. The van der Waals surface area contributed by atoms with E-state index in [1.54, 1.807) is 7.05 Å². The molecular weight excluding hydrogens is 298 g/mol. The van der Waals surface area contributed by atoms with E-state index >= 15 is 0 Å². The van der Waals surface area contributed by atoms with Crippen LogP contribution >= 0.6 is 0 Å². The van der Waals surface area contributed by atoms with Gasteiger partial charge < -0.3 is 20.2 Å². The topological polar surface area (TPSA) is 91.2 Å². The van der Waals surface area contributed by atoms with E-state index in [4.69, 9.17) is 9.94 Å². The van der Waals surface area contributed by atoms with Gasteiger partial charge in [-0.1, -0.05) is 35.0 Å². The van der Waals surface area contributed by atoms with Crippen LogP contribution in [0, 0.1) is 6.92 Å². The molecule has 0 fully saturated rings. The van der Waals surface area contributed by atoms with E-state index in [-0.39, 0.29) is 25.1 Å². The van der Waals surface area contributed by atoms with Gasteiger partial charge in [-0.2, -0.15) is 0 Å². The Hall–Kier alpha value is -2.57. The van der Waals surface area contributed by atoms with Crippen molar-refractivity contribution in [3.8, 4) is 0 Å². The van der Waals surface area contributed by atoms with Gasteiger partial charge in [-0.05, 0) is 12.5 Å². The number of nitrogens with one attached hydrogen (secondary N) is 1. The molecule has 0 radical (unpaired) electrons. The number of carboxylic acids is 1. The van der Waals surface area contributed by atoms with Crippen molar-refractivity contribution in [1.29, 1.82) is 0 Å². The van der Waals surface area contributed by atoms with Crippen LogP contribution in [0.15, 0.2) is 29.4 Å². The van der Waals surface area contributed by atoms with Crippen molar-refractivity contribution in [2.75, 3.05) is 20.1 Å². The van der Waals surface area contributed by atoms with Crippen molar-refractivity contribution < 1.29 is 19.5 Å². The second kappa shape index (κ2) is 7.62. The molecule has 1 atom stereocenters. The Balaban J connectivity index is 1.75. The van der Waals surface area contributed by atoms with E-state index in [9.17, 15) is 9.59 Å². The van der Waals surface area contributed by atoms with Gasteiger partial charge in [-0.25, -0.2) is 4.79 Å². The highest BCUT2D eigenvalue weighted by Gasteiger charge is 2.23. The SMILES string of the molecule is Cc1ccc(C2=NOC(CNC(=O)N(C)CCC(=O)O)C2)cc1. The lowest BCUT2D eigenvalue weighted by Gasteiger charge is -2.18. The van der Waals surface area contributed by atoms with Gasteiger partial charge in [0.25, 0.3) is 0 Å². The van der Waals surface area contributed by atoms with E-state index in [1.165, 1.54) is 10.5 Å². The first-order valence-corrected chi connectivity index (χ1v) is 7.46. The second-order valence-electron chi connectivity index (χ2n) is 5.59. The third-order valence-corrected chi connectivity index (χ3v) is 3.61. The maximum Gasteiger partial charge on any atom is 0.317 e. The van der Waals surface area contributed by atoms with Gasteiger partial charge in [-0.15, -0.1) is 0 Å². The summed E-state index contributed by atoms with van der Waals surface area (Å²) in [7, 11) is 1.56. The van der Waals surface area contributed by atoms with Crippen molar-refractivity contribution >= 4 is 17.7 Å². The van der Waals surface area contributed by atoms with Crippen LogP contribution in [0.3, 0.4) is 0 Å². The van der Waals surface area contributed by atoms with Crippen LogP contribution in [0.4, 0.5) is 4.79 Å². The molecule has 7 heteroatoms. The number of hydrogen-bond acceptors (Lipinski definition) is 4. The molecule has 23 heavy (non-hydrogen) atoms. The van der Waals surface area contributed by atoms with Crippen LogP contribution in [0.2, 0.25) is 0 Å². The van der Waals surface area contributed by atoms with Gasteiger partial charge in [0.05, 0.1) is 18.7 Å². The van der Waals surface area contributed by atoms with E-state index in [1.807, 2.05) is 31.2 Å². The van der Waals surface area contributed by atoms with Crippen molar-refractivity contribution in [1.82, 2.24) is 10.2 Å². The first-order chi connectivity index (χ1) is 11.0. The van der Waals surface area contributed by atoms with Crippen LogP contribution < -0.4 is 5.32 Å². The van der Waals surface area contributed by atoms with Gasteiger partial charge in [-0.3, -0.25) is 4.79 Å². The largest absolute Gasteiger partial charge is 0.481 e. The third kappa shape index (κ3) is 4.98. The Morgan fingerprint density at radius 1 is 1.39 bits per heavy atom. The van der Waals surface area contributed by atoms with E-state index in [0.29, 0.717) is 13.0 Å². The second-order valence-corrected chi connectivity index (χ2v) is 5.59. The number of urea groups is 1. The Morgan fingerprint density at radius 2 is 2.09 bits per heavy atom. The molecule has 124 valence electrons. The summed E-state index contributed by atoms with van der Waals surface area (Å²) in [6, 6.07) is 7.71. The zero-order valence-electron chi connectivity index (χ0n) is 13.3. The molecule has 0 aliphatic carbocycles. The highest BCUT2D eigenvalue weighted by Crippen LogP contribution is 2.16. The number of carboxylic acid groups (broad SMARTS) is 1. The molecule has 2 N–H and O–H groups in total. The fourth-order valence-corrected chi connectivity index (χ4v) is 2.16. The lowest BCUT2D eigenvalue weighted by Crippen LogP contribution is -2.41. The van der Waals surface area contributed by atoms with Crippen LogP contribution in [-0.2, 0) is 9.63 Å². The molecule has 1 aliphatic heterocycles. The van der Waals surface area contributed by atoms with Crippen LogP contribution in [0.25, 0.3) is 0 Å². The molecule has 0 spiro atoms. The van der Waals surface area contributed by atoms with Crippen LogP contribution in [0.1, 0.15) is 24.0 Å². The van der Waals surface area contributed by atoms with E-state index < -0.39 is 5.97 Å². The highest BCUT2D eigenvalue weighted by atomic mass is 16.6. The first-order valence-electron chi connectivity index (χ1n) is 7.46. The summed E-state index contributed by atoms with van der Waals surface area (Å²) in [6.45, 7) is 2.52. The molecule has 1 aromatic carbocycles. The number of hydrogen-bond donors (Lipinski definition) is 2. The summed E-state index contributed by atoms with van der Waals surface area (Å²) >= 11 is 0. The smallest absolute Gasteiger partial charge is 0.317 e. The van der Waals surface area contributed by atoms with Crippen molar-refractivity contribution in [3.63, 3.8) is 0 Å². The molecule has 2 rings (SSSR count). The molecule has 1 unspecified atom stereocenters. The van der Waals surface area contributed by atoms with Crippen molar-refractivity contribution in [2.45, 2.75) is 25.9 Å². The van der Waals surface area contributed by atoms with Gasteiger partial charge >= 0.3 is 12.0 Å². The summed E-state index contributed by atoms with van der Waals surface area (Å²) in [4.78, 5) is 29.0. The average Bonchev–Trinajstić information content (AvgIpc) is 2.99. The van der Waals surface area contributed by atoms with Crippen molar-refractivity contribution in [2.24, 2.45) is 5.16 Å². The first kappa shape index (κ1) is 16.8. The lowest BCUT2D eigenvalue weighted by atomic mass is 10.0. The molecule has 0 saturated carbocycles. The minimum absolute atomic E-state index is 0.0788. The quantitative estimate of drug-likeness (QED) is 0.833. The predicted octanol–water partition coefficient (Wildman–Crippen LogP) is 1.60. The molecule has 0 bridgehead atoms. The Morgan fingerprint density at radius 3 is 2.74 bits per heavy atom. The number of carbonyl (C=O) groups is 2. The van der Waals surface area contributed by atoms with Crippen molar-refractivity contribution in [3.05, 3.63) is 35.4 Å². The van der Waals surface area contributed by atoms with Crippen LogP contribution in [0.5, 0.6) is 0 Å². The number of carbonyl (C=O) groups excluding carboxylic acids is 1. The zero-order valence-corrected chi connectivity index (χ0v) is 13.3. The number of aryl methyl sites for hydroxylation is 1. The summed E-state index contributed by atoms with van der Waals surface area (Å²) in [5.74, 6) is -0.931. The Kier molecular flexibility index (Phi) is 5.56. The molecule has 1 aromatic rings. The molecule has 7 nitrogen and oxygen atoms in total. The van der Waals surface area contributed by atoms with Gasteiger partial charge in [0.15, 0.2) is 6.10 Å². The fraction of sp³-hybridized carbons (Fsp3) is 0.438. The molecule has 2 amide bonds. The Bertz CT molecular complexity index is 598. The highest BCUT2D eigenvalue weighted by molar-refractivity contribution is 6.01. The molecule has 0 saturated heterocycles. The maximum atomic E-state index is 11.8. The molecular formula is C16H21N3O4. The number of nitrogens with zero attached hydrogens (tertiary/aromatic N) is 2. The van der Waals surface area contributed by atoms with Gasteiger partial charge in [0.1, 0.15) is 0 Å². The molecule has 0 aromatic heterocycles. The number of rotatable bonds is 6. The lowest BCUT2D eigenvalue weighted by molar-refractivity contribution is -0.137. The van der Waals surface area contributed by atoms with Crippen LogP contribution in [-0.4, -0.2) is 54.0 Å². The minimum atomic E-state index is -0.931. The van der Waals surface area contributed by atoms with Gasteiger partial charge in [0.2, 0.25) is 0 Å². The maximum absolute atomic E-state index is 11.8. The molecule has 1 heterocycles. The minimum Gasteiger partial charge on any atom is -0.481 e. The number of oxime groups is 1. The van der Waals surface area contributed by atoms with Gasteiger partial charge in [0, 0.05) is 20.0 Å². The number of amides is 2. The number of aliphatic carboxylic acids is 1. The predicted molar refractivity (Wildman–Crippen MR) is 85.5 cm³/mol. The monoisotopic (exact) mass is 319 g/mol.